The lowest BCUT2D eigenvalue weighted by Crippen LogP contribution is -2.25. The molecule has 0 saturated carbocycles. The molecule has 0 bridgehead atoms. The van der Waals surface area contributed by atoms with E-state index in [0.29, 0.717) is 17.1 Å². The lowest BCUT2D eigenvalue weighted by molar-refractivity contribution is -0.148. The maximum Gasteiger partial charge on any atom is 0.346 e. The Morgan fingerprint density at radius 1 is 1.30 bits per heavy atom. The maximum atomic E-state index is 11.4. The lowest BCUT2D eigenvalue weighted by Gasteiger charge is -2.15. The Labute approximate surface area is 116 Å². The van der Waals surface area contributed by atoms with Crippen molar-refractivity contribution in [3.63, 3.8) is 0 Å². The van der Waals surface area contributed by atoms with Gasteiger partial charge in [0.25, 0.3) is 0 Å². The van der Waals surface area contributed by atoms with E-state index < -0.39 is 18.0 Å². The van der Waals surface area contributed by atoms with Crippen molar-refractivity contribution in [3.8, 4) is 11.5 Å². The quantitative estimate of drug-likeness (QED) is 0.631. The second-order valence-corrected chi connectivity index (χ2v) is 3.86. The molecule has 0 heterocycles. The van der Waals surface area contributed by atoms with Crippen LogP contribution >= 0.6 is 0 Å². The van der Waals surface area contributed by atoms with E-state index in [2.05, 4.69) is 4.74 Å². The number of hydrogen-bond donors (Lipinski definition) is 1. The van der Waals surface area contributed by atoms with Crippen LogP contribution in [0.2, 0.25) is 0 Å². The number of carbonyl (C=O) groups excluding carboxylic acids is 1. The molecule has 0 saturated heterocycles. The summed E-state index contributed by atoms with van der Waals surface area (Å²) in [6.45, 7) is 1.54. The Hall–Kier alpha value is -2.50. The van der Waals surface area contributed by atoms with E-state index in [1.54, 1.807) is 18.2 Å². The summed E-state index contributed by atoms with van der Waals surface area (Å²) in [6, 6.07) is 4.87. The van der Waals surface area contributed by atoms with Crippen LogP contribution in [0.4, 0.5) is 0 Å². The summed E-state index contributed by atoms with van der Waals surface area (Å²) in [5.41, 5.74) is 0.518. The van der Waals surface area contributed by atoms with Gasteiger partial charge in [-0.15, -0.1) is 0 Å². The van der Waals surface area contributed by atoms with Crippen molar-refractivity contribution in [2.75, 3.05) is 14.2 Å². The molecule has 6 heteroatoms. The van der Waals surface area contributed by atoms with E-state index in [4.69, 9.17) is 14.6 Å². The SMILES string of the molecule is COC(=O)C(C)Oc1cc(OC)ccc1C=CC(=O)O. The number of esters is 1. The number of carbonyl (C=O) groups is 2. The molecule has 1 atom stereocenters. The van der Waals surface area contributed by atoms with Crippen LogP contribution < -0.4 is 9.47 Å². The number of hydrogen-bond acceptors (Lipinski definition) is 5. The minimum atomic E-state index is -1.08. The first-order valence-corrected chi connectivity index (χ1v) is 5.81. The summed E-state index contributed by atoms with van der Waals surface area (Å²) in [5, 5.41) is 8.65. The van der Waals surface area contributed by atoms with Crippen LogP contribution in [0.3, 0.4) is 0 Å². The third-order valence-electron chi connectivity index (χ3n) is 2.46. The highest BCUT2D eigenvalue weighted by molar-refractivity contribution is 5.86. The Morgan fingerprint density at radius 2 is 2.00 bits per heavy atom. The Balaban J connectivity index is 3.06. The summed E-state index contributed by atoms with van der Waals surface area (Å²) >= 11 is 0. The second-order valence-electron chi connectivity index (χ2n) is 3.86. The van der Waals surface area contributed by atoms with Gasteiger partial charge in [-0.2, -0.15) is 0 Å². The fraction of sp³-hybridized carbons (Fsp3) is 0.286. The molecule has 0 aliphatic rings. The highest BCUT2D eigenvalue weighted by Gasteiger charge is 2.16. The normalized spacial score (nSPS) is 11.9. The first kappa shape index (κ1) is 15.6. The van der Waals surface area contributed by atoms with Crippen molar-refractivity contribution >= 4 is 18.0 Å². The predicted molar refractivity (Wildman–Crippen MR) is 71.8 cm³/mol. The molecule has 0 amide bonds. The standard InChI is InChI=1S/C14H16O6/c1-9(14(17)19-3)20-12-8-11(18-2)6-4-10(12)5-7-13(15)16/h4-9H,1-3H3,(H,15,16). The number of carboxylic acids is 1. The molecule has 6 nitrogen and oxygen atoms in total. The molecule has 0 spiro atoms. The fourth-order valence-electron chi connectivity index (χ4n) is 1.45. The molecule has 20 heavy (non-hydrogen) atoms. The van der Waals surface area contributed by atoms with E-state index in [1.807, 2.05) is 0 Å². The molecular weight excluding hydrogens is 264 g/mol. The molecule has 1 aromatic carbocycles. The molecular formula is C14H16O6. The third-order valence-corrected chi connectivity index (χ3v) is 2.46. The van der Waals surface area contributed by atoms with Gasteiger partial charge in [0.1, 0.15) is 11.5 Å². The summed E-state index contributed by atoms with van der Waals surface area (Å²) in [5.74, 6) is -0.738. The van der Waals surface area contributed by atoms with Crippen molar-refractivity contribution in [1.29, 1.82) is 0 Å². The van der Waals surface area contributed by atoms with Crippen LogP contribution in [0.25, 0.3) is 6.08 Å². The monoisotopic (exact) mass is 280 g/mol. The summed E-state index contributed by atoms with van der Waals surface area (Å²) < 4.78 is 15.1. The molecule has 1 aromatic rings. The van der Waals surface area contributed by atoms with Gasteiger partial charge in [-0.1, -0.05) is 0 Å². The Kier molecular flexibility index (Phi) is 5.58. The molecule has 0 aromatic heterocycles. The molecule has 0 aliphatic carbocycles. The number of benzene rings is 1. The lowest BCUT2D eigenvalue weighted by atomic mass is 10.1. The maximum absolute atomic E-state index is 11.4. The van der Waals surface area contributed by atoms with Gasteiger partial charge < -0.3 is 19.3 Å². The predicted octanol–water partition coefficient (Wildman–Crippen LogP) is 1.73. The van der Waals surface area contributed by atoms with Gasteiger partial charge in [0.2, 0.25) is 0 Å². The van der Waals surface area contributed by atoms with E-state index >= 15 is 0 Å². The first-order valence-electron chi connectivity index (χ1n) is 5.81. The van der Waals surface area contributed by atoms with Gasteiger partial charge in [-0.25, -0.2) is 9.59 Å². The molecule has 1 N–H and O–H groups in total. The highest BCUT2D eigenvalue weighted by Crippen LogP contribution is 2.27. The van der Waals surface area contributed by atoms with Gasteiger partial charge in [-0.05, 0) is 25.1 Å². The molecule has 0 aliphatic heterocycles. The van der Waals surface area contributed by atoms with Gasteiger partial charge in [0, 0.05) is 17.7 Å². The first-order chi connectivity index (χ1) is 9.47. The van der Waals surface area contributed by atoms with E-state index in [1.165, 1.54) is 27.2 Å². The molecule has 0 radical (unpaired) electrons. The zero-order valence-corrected chi connectivity index (χ0v) is 11.5. The van der Waals surface area contributed by atoms with Crippen molar-refractivity contribution in [3.05, 3.63) is 29.8 Å². The van der Waals surface area contributed by atoms with Crippen LogP contribution in [-0.4, -0.2) is 37.4 Å². The third kappa shape index (κ3) is 4.31. The Bertz CT molecular complexity index is 520. The van der Waals surface area contributed by atoms with Crippen LogP contribution in [-0.2, 0) is 14.3 Å². The van der Waals surface area contributed by atoms with Crippen molar-refractivity contribution < 1.29 is 28.9 Å². The molecule has 1 unspecified atom stereocenters. The van der Waals surface area contributed by atoms with Crippen LogP contribution in [0.15, 0.2) is 24.3 Å². The number of methoxy groups -OCH3 is 2. The minimum absolute atomic E-state index is 0.333. The zero-order chi connectivity index (χ0) is 15.1. The van der Waals surface area contributed by atoms with Crippen LogP contribution in [0, 0.1) is 0 Å². The van der Waals surface area contributed by atoms with Crippen LogP contribution in [0.5, 0.6) is 11.5 Å². The smallest absolute Gasteiger partial charge is 0.346 e. The average molecular weight is 280 g/mol. The van der Waals surface area contributed by atoms with Crippen molar-refractivity contribution in [1.82, 2.24) is 0 Å². The number of ether oxygens (including phenoxy) is 3. The molecule has 1 rings (SSSR count). The van der Waals surface area contributed by atoms with Gasteiger partial charge in [0.05, 0.1) is 14.2 Å². The van der Waals surface area contributed by atoms with Gasteiger partial charge >= 0.3 is 11.9 Å². The van der Waals surface area contributed by atoms with Crippen LogP contribution in [0.1, 0.15) is 12.5 Å². The molecule has 0 fully saturated rings. The van der Waals surface area contributed by atoms with E-state index in [-0.39, 0.29) is 0 Å². The highest BCUT2D eigenvalue weighted by atomic mass is 16.6. The topological polar surface area (TPSA) is 82.1 Å². The van der Waals surface area contributed by atoms with E-state index in [9.17, 15) is 9.59 Å². The minimum Gasteiger partial charge on any atom is -0.497 e. The van der Waals surface area contributed by atoms with Crippen molar-refractivity contribution in [2.24, 2.45) is 0 Å². The second kappa shape index (κ2) is 7.18. The summed E-state index contributed by atoms with van der Waals surface area (Å²) in [4.78, 5) is 21.9. The van der Waals surface area contributed by atoms with Gasteiger partial charge in [-0.3, -0.25) is 0 Å². The average Bonchev–Trinajstić information content (AvgIpc) is 2.44. The number of carboxylic acid groups (broad SMARTS) is 1. The Morgan fingerprint density at radius 3 is 2.55 bits per heavy atom. The van der Waals surface area contributed by atoms with E-state index in [0.717, 1.165) is 6.08 Å². The largest absolute Gasteiger partial charge is 0.497 e. The summed E-state index contributed by atoms with van der Waals surface area (Å²) in [6.07, 6.45) is 1.54. The number of rotatable bonds is 6. The molecule has 108 valence electrons. The van der Waals surface area contributed by atoms with Gasteiger partial charge in [0.15, 0.2) is 6.10 Å². The fourth-order valence-corrected chi connectivity index (χ4v) is 1.45. The summed E-state index contributed by atoms with van der Waals surface area (Å²) in [7, 11) is 2.76. The number of aliphatic carboxylic acids is 1. The van der Waals surface area contributed by atoms with Crippen molar-refractivity contribution in [2.45, 2.75) is 13.0 Å². The zero-order valence-electron chi connectivity index (χ0n) is 11.5.